The molecule has 2 amide bonds. The van der Waals surface area contributed by atoms with Crippen molar-refractivity contribution < 1.29 is 24.3 Å². The monoisotopic (exact) mass is 444 g/mol. The van der Waals surface area contributed by atoms with Crippen molar-refractivity contribution in [1.82, 2.24) is 15.2 Å². The van der Waals surface area contributed by atoms with Gasteiger partial charge < -0.3 is 25.0 Å². The average Bonchev–Trinajstić information content (AvgIpc) is 2.84. The van der Waals surface area contributed by atoms with E-state index in [2.05, 4.69) is 15.2 Å². The molecule has 9 nitrogen and oxygen atoms in total. The SMILES string of the molecule is CNC(=O)C(CCC=O)c1ccc(N2CCC(C(=O)N3CCC(C(=O)O)CC3)CC2)cn1. The van der Waals surface area contributed by atoms with E-state index in [-0.39, 0.29) is 23.7 Å². The van der Waals surface area contributed by atoms with Gasteiger partial charge in [-0.2, -0.15) is 0 Å². The zero-order valence-electron chi connectivity index (χ0n) is 18.5. The van der Waals surface area contributed by atoms with Gasteiger partial charge in [0.15, 0.2) is 0 Å². The predicted molar refractivity (Wildman–Crippen MR) is 118 cm³/mol. The van der Waals surface area contributed by atoms with E-state index in [1.54, 1.807) is 13.2 Å². The van der Waals surface area contributed by atoms with Gasteiger partial charge in [0, 0.05) is 45.6 Å². The van der Waals surface area contributed by atoms with Crippen LogP contribution in [0.3, 0.4) is 0 Å². The van der Waals surface area contributed by atoms with Crippen molar-refractivity contribution in [3.63, 3.8) is 0 Å². The number of piperidine rings is 2. The molecular formula is C23H32N4O5. The van der Waals surface area contributed by atoms with Crippen LogP contribution < -0.4 is 10.2 Å². The molecule has 1 aromatic heterocycles. The second-order valence-electron chi connectivity index (χ2n) is 8.55. The Labute approximate surface area is 188 Å². The summed E-state index contributed by atoms with van der Waals surface area (Å²) in [5.74, 6) is -1.59. The van der Waals surface area contributed by atoms with Gasteiger partial charge in [0.25, 0.3) is 0 Å². The number of carboxylic acids is 1. The number of nitrogens with one attached hydrogen (secondary N) is 1. The van der Waals surface area contributed by atoms with Crippen LogP contribution in [0.4, 0.5) is 5.69 Å². The van der Waals surface area contributed by atoms with Crippen LogP contribution in [-0.2, 0) is 19.2 Å². The molecule has 3 rings (SSSR count). The fourth-order valence-electron chi connectivity index (χ4n) is 4.60. The van der Waals surface area contributed by atoms with Crippen LogP contribution in [-0.4, -0.2) is 72.3 Å². The molecule has 0 saturated carbocycles. The lowest BCUT2D eigenvalue weighted by atomic mass is 9.92. The molecule has 2 aliphatic heterocycles. The first-order valence-corrected chi connectivity index (χ1v) is 11.3. The number of amides is 2. The summed E-state index contributed by atoms with van der Waals surface area (Å²) < 4.78 is 0. The normalized spacial score (nSPS) is 18.8. The Balaban J connectivity index is 1.53. The van der Waals surface area contributed by atoms with Gasteiger partial charge in [-0.15, -0.1) is 0 Å². The van der Waals surface area contributed by atoms with Crippen LogP contribution in [0.5, 0.6) is 0 Å². The zero-order valence-corrected chi connectivity index (χ0v) is 18.5. The number of rotatable bonds is 8. The molecule has 3 heterocycles. The maximum Gasteiger partial charge on any atom is 0.306 e. The smallest absolute Gasteiger partial charge is 0.306 e. The number of aldehydes is 1. The molecule has 174 valence electrons. The third-order valence-electron chi connectivity index (χ3n) is 6.63. The van der Waals surface area contributed by atoms with Crippen LogP contribution in [0.25, 0.3) is 0 Å². The van der Waals surface area contributed by atoms with Gasteiger partial charge in [-0.3, -0.25) is 19.4 Å². The van der Waals surface area contributed by atoms with E-state index in [1.165, 1.54) is 0 Å². The van der Waals surface area contributed by atoms with Gasteiger partial charge in [-0.1, -0.05) is 0 Å². The maximum absolute atomic E-state index is 12.9. The van der Waals surface area contributed by atoms with Crippen molar-refractivity contribution in [3.8, 4) is 0 Å². The molecular weight excluding hydrogens is 412 g/mol. The van der Waals surface area contributed by atoms with Crippen LogP contribution in [0.1, 0.15) is 50.1 Å². The first-order valence-electron chi connectivity index (χ1n) is 11.3. The van der Waals surface area contributed by atoms with Crippen molar-refractivity contribution >= 4 is 29.8 Å². The second kappa shape index (κ2) is 11.1. The summed E-state index contributed by atoms with van der Waals surface area (Å²) in [6, 6.07) is 3.78. The first kappa shape index (κ1) is 23.7. The van der Waals surface area contributed by atoms with Gasteiger partial charge in [0.1, 0.15) is 6.29 Å². The lowest BCUT2D eigenvalue weighted by molar-refractivity contribution is -0.147. The molecule has 1 unspecified atom stereocenters. The van der Waals surface area contributed by atoms with Crippen molar-refractivity contribution in [3.05, 3.63) is 24.0 Å². The highest BCUT2D eigenvalue weighted by Crippen LogP contribution is 2.28. The molecule has 0 spiro atoms. The fourth-order valence-corrected chi connectivity index (χ4v) is 4.60. The third-order valence-corrected chi connectivity index (χ3v) is 6.63. The van der Waals surface area contributed by atoms with E-state index in [1.807, 2.05) is 17.0 Å². The summed E-state index contributed by atoms with van der Waals surface area (Å²) in [6.07, 6.45) is 5.85. The number of likely N-dealkylation sites (tertiary alicyclic amines) is 1. The average molecular weight is 445 g/mol. The van der Waals surface area contributed by atoms with Crippen LogP contribution in [0, 0.1) is 11.8 Å². The summed E-state index contributed by atoms with van der Waals surface area (Å²) in [4.78, 5) is 55.3. The van der Waals surface area contributed by atoms with E-state index in [4.69, 9.17) is 5.11 Å². The van der Waals surface area contributed by atoms with Crippen molar-refractivity contribution in [2.24, 2.45) is 11.8 Å². The molecule has 0 aromatic carbocycles. The number of carbonyl (C=O) groups is 4. The highest BCUT2D eigenvalue weighted by molar-refractivity contribution is 5.83. The standard InChI is InChI=1S/C23H32N4O5/c1-24-21(29)19(3-2-14-28)20-5-4-18(15-25-20)26-10-6-16(7-11-26)22(30)27-12-8-17(9-13-27)23(31)32/h4-5,14-17,19H,2-3,6-13H2,1H3,(H,24,29)(H,31,32). The zero-order chi connectivity index (χ0) is 23.1. The van der Waals surface area contributed by atoms with Crippen molar-refractivity contribution in [1.29, 1.82) is 0 Å². The van der Waals surface area contributed by atoms with E-state index >= 15 is 0 Å². The van der Waals surface area contributed by atoms with Crippen LogP contribution >= 0.6 is 0 Å². The highest BCUT2D eigenvalue weighted by Gasteiger charge is 2.32. The number of carbonyl (C=O) groups excluding carboxylic acids is 3. The Morgan fingerprint density at radius 2 is 1.78 bits per heavy atom. The molecule has 9 heteroatoms. The molecule has 1 atom stereocenters. The van der Waals surface area contributed by atoms with Gasteiger partial charge in [-0.05, 0) is 44.2 Å². The van der Waals surface area contributed by atoms with Crippen LogP contribution in [0.2, 0.25) is 0 Å². The lowest BCUT2D eigenvalue weighted by Crippen LogP contribution is -2.46. The number of hydrogen-bond acceptors (Lipinski definition) is 6. The molecule has 0 radical (unpaired) electrons. The van der Waals surface area contributed by atoms with Gasteiger partial charge in [-0.25, -0.2) is 0 Å². The summed E-state index contributed by atoms with van der Waals surface area (Å²) in [5, 5.41) is 11.8. The highest BCUT2D eigenvalue weighted by atomic mass is 16.4. The topological polar surface area (TPSA) is 120 Å². The van der Waals surface area contributed by atoms with Crippen molar-refractivity contribution in [2.45, 2.75) is 44.4 Å². The molecule has 0 aliphatic carbocycles. The number of likely N-dealkylation sites (N-methyl/N-ethyl adjacent to an activating group) is 1. The number of aromatic nitrogens is 1. The van der Waals surface area contributed by atoms with E-state index in [0.29, 0.717) is 44.5 Å². The first-order chi connectivity index (χ1) is 15.4. The third kappa shape index (κ3) is 5.63. The van der Waals surface area contributed by atoms with E-state index in [0.717, 1.165) is 37.9 Å². The van der Waals surface area contributed by atoms with Gasteiger partial charge >= 0.3 is 5.97 Å². The Morgan fingerprint density at radius 1 is 1.12 bits per heavy atom. The molecule has 2 N–H and O–H groups in total. The number of carboxylic acid groups (broad SMARTS) is 1. The van der Waals surface area contributed by atoms with Crippen LogP contribution in [0.15, 0.2) is 18.3 Å². The molecule has 32 heavy (non-hydrogen) atoms. The lowest BCUT2D eigenvalue weighted by Gasteiger charge is -2.37. The van der Waals surface area contributed by atoms with E-state index < -0.39 is 11.9 Å². The number of hydrogen-bond donors (Lipinski definition) is 2. The number of anilines is 1. The summed E-state index contributed by atoms with van der Waals surface area (Å²) in [6.45, 7) is 2.54. The second-order valence-corrected chi connectivity index (χ2v) is 8.55. The molecule has 2 saturated heterocycles. The predicted octanol–water partition coefficient (Wildman–Crippen LogP) is 1.43. The quantitative estimate of drug-likeness (QED) is 0.582. The maximum atomic E-state index is 12.9. The van der Waals surface area contributed by atoms with Gasteiger partial charge in [0.2, 0.25) is 11.8 Å². The number of nitrogens with zero attached hydrogens (tertiary/aromatic N) is 3. The molecule has 2 fully saturated rings. The van der Waals surface area contributed by atoms with Crippen molar-refractivity contribution in [2.75, 3.05) is 38.1 Å². The minimum Gasteiger partial charge on any atom is -0.481 e. The minimum absolute atomic E-state index is 0.0270. The fraction of sp³-hybridized carbons (Fsp3) is 0.609. The summed E-state index contributed by atoms with van der Waals surface area (Å²) in [7, 11) is 1.57. The van der Waals surface area contributed by atoms with E-state index in [9.17, 15) is 19.2 Å². The summed E-state index contributed by atoms with van der Waals surface area (Å²) in [5.41, 5.74) is 1.60. The minimum atomic E-state index is -0.768. The summed E-state index contributed by atoms with van der Waals surface area (Å²) >= 11 is 0. The number of aliphatic carboxylic acids is 1. The molecule has 2 aliphatic rings. The molecule has 1 aromatic rings. The van der Waals surface area contributed by atoms with Gasteiger partial charge in [0.05, 0.1) is 29.4 Å². The Bertz CT molecular complexity index is 812. The Morgan fingerprint density at radius 3 is 2.31 bits per heavy atom. The Hall–Kier alpha value is -2.97. The largest absolute Gasteiger partial charge is 0.481 e. The Kier molecular flexibility index (Phi) is 8.19. The number of pyridine rings is 1. The molecule has 0 bridgehead atoms.